The van der Waals surface area contributed by atoms with Gasteiger partial charge in [0, 0.05) is 6.07 Å². The number of nitrogens with one attached hydrogen (secondary N) is 1. The summed E-state index contributed by atoms with van der Waals surface area (Å²) in [6.07, 6.45) is 5.31. The van der Waals surface area contributed by atoms with Crippen molar-refractivity contribution in [2.24, 2.45) is 5.92 Å². The molecule has 2 rings (SSSR count). The zero-order valence-corrected chi connectivity index (χ0v) is 12.9. The molecular weight excluding hydrogens is 302 g/mol. The van der Waals surface area contributed by atoms with Crippen LogP contribution < -0.4 is 9.46 Å². The third kappa shape index (κ3) is 4.49. The summed E-state index contributed by atoms with van der Waals surface area (Å²) >= 11 is 5.78. The number of rotatable bonds is 5. The van der Waals surface area contributed by atoms with Gasteiger partial charge in [-0.3, -0.25) is 4.72 Å². The van der Waals surface area contributed by atoms with Crippen LogP contribution in [0.5, 0.6) is 5.88 Å². The number of ether oxygens (including phenoxy) is 1. The van der Waals surface area contributed by atoms with Crippen molar-refractivity contribution < 1.29 is 13.2 Å². The maximum absolute atomic E-state index is 12.1. The summed E-state index contributed by atoms with van der Waals surface area (Å²) in [5, 5.41) is 0.132. The highest BCUT2D eigenvalue weighted by Crippen LogP contribution is 2.25. The number of halogens is 1. The van der Waals surface area contributed by atoms with E-state index >= 15 is 0 Å². The summed E-state index contributed by atoms with van der Waals surface area (Å²) in [5.74, 6) is 0.485. The van der Waals surface area contributed by atoms with Crippen LogP contribution in [0.3, 0.4) is 0 Å². The molecule has 8 heteroatoms. The molecule has 1 heterocycles. The SMILES string of the molecule is COc1cc(Cl)nc(NS(=O)(=O)CC2CCCCC2)n1. The largest absolute Gasteiger partial charge is 0.481 e. The first-order valence-electron chi connectivity index (χ1n) is 6.57. The predicted octanol–water partition coefficient (Wildman–Crippen LogP) is 2.46. The van der Waals surface area contributed by atoms with E-state index in [0.29, 0.717) is 0 Å². The smallest absolute Gasteiger partial charge is 0.241 e. The monoisotopic (exact) mass is 319 g/mol. The van der Waals surface area contributed by atoms with Crippen molar-refractivity contribution in [1.29, 1.82) is 0 Å². The van der Waals surface area contributed by atoms with Gasteiger partial charge in [-0.05, 0) is 18.8 Å². The Bertz CT molecular complexity index is 559. The first-order chi connectivity index (χ1) is 9.48. The zero-order valence-electron chi connectivity index (χ0n) is 11.3. The van der Waals surface area contributed by atoms with Crippen molar-refractivity contribution in [3.63, 3.8) is 0 Å². The first kappa shape index (κ1) is 15.3. The van der Waals surface area contributed by atoms with Gasteiger partial charge >= 0.3 is 0 Å². The normalized spacial score (nSPS) is 16.9. The van der Waals surface area contributed by atoms with Crippen LogP contribution in [0.15, 0.2) is 6.07 Å². The molecule has 1 aromatic heterocycles. The highest BCUT2D eigenvalue weighted by Gasteiger charge is 2.22. The fraction of sp³-hybridized carbons (Fsp3) is 0.667. The summed E-state index contributed by atoms with van der Waals surface area (Å²) in [6.45, 7) is 0. The van der Waals surface area contributed by atoms with Crippen LogP contribution >= 0.6 is 11.6 Å². The summed E-state index contributed by atoms with van der Waals surface area (Å²) in [5.41, 5.74) is 0. The van der Waals surface area contributed by atoms with Crippen molar-refractivity contribution in [3.05, 3.63) is 11.2 Å². The minimum Gasteiger partial charge on any atom is -0.481 e. The summed E-state index contributed by atoms with van der Waals surface area (Å²) < 4.78 is 31.5. The van der Waals surface area contributed by atoms with Gasteiger partial charge in [-0.2, -0.15) is 4.98 Å². The molecule has 6 nitrogen and oxygen atoms in total. The van der Waals surface area contributed by atoms with E-state index in [2.05, 4.69) is 14.7 Å². The Morgan fingerprint density at radius 2 is 2.05 bits per heavy atom. The van der Waals surface area contributed by atoms with Gasteiger partial charge in [0.1, 0.15) is 5.15 Å². The lowest BCUT2D eigenvalue weighted by molar-refractivity contribution is 0.385. The number of hydrogen-bond acceptors (Lipinski definition) is 5. The van der Waals surface area contributed by atoms with Gasteiger partial charge in [-0.15, -0.1) is 0 Å². The van der Waals surface area contributed by atoms with Crippen LogP contribution in [0, 0.1) is 5.92 Å². The van der Waals surface area contributed by atoms with Crippen LogP contribution in [0.2, 0.25) is 5.15 Å². The molecule has 1 aliphatic rings. The molecule has 1 aromatic rings. The van der Waals surface area contributed by atoms with E-state index < -0.39 is 10.0 Å². The number of anilines is 1. The molecular formula is C12H18ClN3O3S. The van der Waals surface area contributed by atoms with Crippen molar-refractivity contribution in [1.82, 2.24) is 9.97 Å². The summed E-state index contributed by atoms with van der Waals surface area (Å²) in [7, 11) is -2.04. The van der Waals surface area contributed by atoms with E-state index in [-0.39, 0.29) is 28.7 Å². The van der Waals surface area contributed by atoms with Crippen LogP contribution in [-0.2, 0) is 10.0 Å². The lowest BCUT2D eigenvalue weighted by Crippen LogP contribution is -2.25. The Morgan fingerprint density at radius 1 is 1.35 bits per heavy atom. The van der Waals surface area contributed by atoms with Gasteiger partial charge in [0.05, 0.1) is 12.9 Å². The molecule has 112 valence electrons. The van der Waals surface area contributed by atoms with E-state index in [0.717, 1.165) is 25.7 Å². The van der Waals surface area contributed by atoms with E-state index in [9.17, 15) is 8.42 Å². The minimum atomic E-state index is -3.47. The maximum atomic E-state index is 12.1. The van der Waals surface area contributed by atoms with E-state index in [1.54, 1.807) is 0 Å². The Morgan fingerprint density at radius 3 is 2.70 bits per heavy atom. The Balaban J connectivity index is 2.05. The lowest BCUT2D eigenvalue weighted by Gasteiger charge is -2.21. The second kappa shape index (κ2) is 6.58. The number of nitrogens with zero attached hydrogens (tertiary/aromatic N) is 2. The van der Waals surface area contributed by atoms with Crippen LogP contribution in [0.1, 0.15) is 32.1 Å². The molecule has 0 bridgehead atoms. The minimum absolute atomic E-state index is 0.0508. The molecule has 1 saturated carbocycles. The molecule has 0 saturated heterocycles. The molecule has 0 spiro atoms. The fourth-order valence-electron chi connectivity index (χ4n) is 2.39. The van der Waals surface area contributed by atoms with Crippen molar-refractivity contribution in [2.75, 3.05) is 17.6 Å². The Hall–Kier alpha value is -1.08. The van der Waals surface area contributed by atoms with Crippen LogP contribution in [-0.4, -0.2) is 31.2 Å². The molecule has 20 heavy (non-hydrogen) atoms. The number of hydrogen-bond donors (Lipinski definition) is 1. The number of methoxy groups -OCH3 is 1. The summed E-state index contributed by atoms with van der Waals surface area (Å²) in [6, 6.07) is 1.42. The lowest BCUT2D eigenvalue weighted by atomic mass is 9.91. The van der Waals surface area contributed by atoms with E-state index in [1.807, 2.05) is 0 Å². The molecule has 0 amide bonds. The number of aromatic nitrogens is 2. The van der Waals surface area contributed by atoms with Gasteiger partial charge in [0.15, 0.2) is 0 Å². The molecule has 0 aliphatic heterocycles. The fourth-order valence-corrected chi connectivity index (χ4v) is 3.97. The predicted molar refractivity (Wildman–Crippen MR) is 77.6 cm³/mol. The quantitative estimate of drug-likeness (QED) is 0.843. The summed E-state index contributed by atoms with van der Waals surface area (Å²) in [4.78, 5) is 7.77. The molecule has 0 unspecified atom stereocenters. The molecule has 0 radical (unpaired) electrons. The topological polar surface area (TPSA) is 81.2 Å². The van der Waals surface area contributed by atoms with E-state index in [4.69, 9.17) is 16.3 Å². The average Bonchev–Trinajstić information content (AvgIpc) is 2.37. The van der Waals surface area contributed by atoms with Gasteiger partial charge in [-0.1, -0.05) is 30.9 Å². The van der Waals surface area contributed by atoms with E-state index in [1.165, 1.54) is 19.6 Å². The Labute approximate surface area is 124 Å². The molecule has 0 atom stereocenters. The highest BCUT2D eigenvalue weighted by molar-refractivity contribution is 7.92. The Kier molecular flexibility index (Phi) is 5.04. The first-order valence-corrected chi connectivity index (χ1v) is 8.60. The molecule has 1 aliphatic carbocycles. The van der Waals surface area contributed by atoms with Crippen molar-refractivity contribution in [2.45, 2.75) is 32.1 Å². The zero-order chi connectivity index (χ0) is 14.6. The van der Waals surface area contributed by atoms with Crippen molar-refractivity contribution in [3.8, 4) is 5.88 Å². The van der Waals surface area contributed by atoms with Crippen LogP contribution in [0.4, 0.5) is 5.95 Å². The molecule has 0 aromatic carbocycles. The second-order valence-electron chi connectivity index (χ2n) is 4.94. The van der Waals surface area contributed by atoms with Gasteiger partial charge < -0.3 is 4.74 Å². The third-order valence-corrected chi connectivity index (χ3v) is 4.90. The highest BCUT2D eigenvalue weighted by atomic mass is 35.5. The van der Waals surface area contributed by atoms with Gasteiger partial charge in [-0.25, -0.2) is 13.4 Å². The molecule has 1 fully saturated rings. The maximum Gasteiger partial charge on any atom is 0.241 e. The van der Waals surface area contributed by atoms with Gasteiger partial charge in [0.2, 0.25) is 21.9 Å². The molecule has 1 N–H and O–H groups in total. The van der Waals surface area contributed by atoms with Crippen molar-refractivity contribution >= 4 is 27.6 Å². The third-order valence-electron chi connectivity index (χ3n) is 3.31. The van der Waals surface area contributed by atoms with Gasteiger partial charge in [0.25, 0.3) is 0 Å². The van der Waals surface area contributed by atoms with Crippen LogP contribution in [0.25, 0.3) is 0 Å². The average molecular weight is 320 g/mol. The second-order valence-corrected chi connectivity index (χ2v) is 7.10. The standard InChI is InChI=1S/C12H18ClN3O3S/c1-19-11-7-10(13)14-12(15-11)16-20(17,18)8-9-5-3-2-4-6-9/h7,9H,2-6,8H2,1H3,(H,14,15,16). The number of sulfonamides is 1.